The van der Waals surface area contributed by atoms with Crippen molar-refractivity contribution >= 4 is 40.8 Å². The Morgan fingerprint density at radius 1 is 1.05 bits per heavy atom. The van der Waals surface area contributed by atoms with E-state index in [4.69, 9.17) is 14.5 Å². The van der Waals surface area contributed by atoms with Crippen LogP contribution in [0, 0.1) is 0 Å². The van der Waals surface area contributed by atoms with Crippen molar-refractivity contribution in [3.05, 3.63) is 121 Å². The smallest absolute Gasteiger partial charge is 0.338 e. The lowest BCUT2D eigenvalue weighted by Gasteiger charge is -2.26. The minimum atomic E-state index is -0.703. The Kier molecular flexibility index (Phi) is 8.38. The van der Waals surface area contributed by atoms with E-state index in [2.05, 4.69) is 0 Å². The first-order valence-corrected chi connectivity index (χ1v) is 15.1. The van der Waals surface area contributed by atoms with Crippen molar-refractivity contribution < 1.29 is 14.3 Å². The Labute approximate surface area is 241 Å². The van der Waals surface area contributed by atoms with Gasteiger partial charge in [-0.1, -0.05) is 72.0 Å². The zero-order valence-electron chi connectivity index (χ0n) is 22.8. The summed E-state index contributed by atoms with van der Waals surface area (Å²) in [6, 6.07) is 24.4. The van der Waals surface area contributed by atoms with Crippen molar-refractivity contribution in [2.45, 2.75) is 37.8 Å². The van der Waals surface area contributed by atoms with Gasteiger partial charge in [0.25, 0.3) is 5.56 Å². The maximum atomic E-state index is 14.1. The van der Waals surface area contributed by atoms with Crippen LogP contribution in [0.25, 0.3) is 11.8 Å². The quantitative estimate of drug-likeness (QED) is 0.208. The Balaban J connectivity index is 1.80. The van der Waals surface area contributed by atoms with Crippen molar-refractivity contribution in [3.63, 3.8) is 0 Å². The van der Waals surface area contributed by atoms with Gasteiger partial charge in [-0.3, -0.25) is 9.36 Å². The van der Waals surface area contributed by atoms with E-state index in [0.717, 1.165) is 21.6 Å². The highest BCUT2D eigenvalue weighted by atomic mass is 32.2. The van der Waals surface area contributed by atoms with Gasteiger partial charge in [0.2, 0.25) is 0 Å². The summed E-state index contributed by atoms with van der Waals surface area (Å²) in [5.74, 6) is 0.207. The molecule has 0 saturated heterocycles. The van der Waals surface area contributed by atoms with E-state index >= 15 is 0 Å². The summed E-state index contributed by atoms with van der Waals surface area (Å²) >= 11 is 2.93. The van der Waals surface area contributed by atoms with Crippen LogP contribution in [0.3, 0.4) is 0 Å². The molecule has 0 radical (unpaired) electrons. The number of ether oxygens (including phenoxy) is 2. The number of thioether (sulfide) groups is 1. The Morgan fingerprint density at radius 2 is 1.75 bits per heavy atom. The molecule has 0 saturated carbocycles. The van der Waals surface area contributed by atoms with E-state index < -0.39 is 12.0 Å². The van der Waals surface area contributed by atoms with Gasteiger partial charge in [0.1, 0.15) is 5.75 Å². The highest BCUT2D eigenvalue weighted by Crippen LogP contribution is 2.35. The van der Waals surface area contributed by atoms with Gasteiger partial charge in [0.15, 0.2) is 4.80 Å². The number of fused-ring (bicyclic) bond motifs is 1. The molecule has 6 nitrogen and oxygen atoms in total. The lowest BCUT2D eigenvalue weighted by atomic mass is 9.93. The fourth-order valence-corrected chi connectivity index (χ4v) is 6.04. The maximum absolute atomic E-state index is 14.1. The molecule has 4 aromatic rings. The predicted octanol–water partition coefficient (Wildman–Crippen LogP) is 5.44. The molecule has 2 heterocycles. The highest BCUT2D eigenvalue weighted by molar-refractivity contribution is 7.98. The molecule has 0 spiro atoms. The normalized spacial score (nSPS) is 15.1. The Morgan fingerprint density at radius 3 is 2.42 bits per heavy atom. The molecule has 1 aromatic heterocycles. The van der Waals surface area contributed by atoms with Crippen LogP contribution in [0.2, 0.25) is 0 Å². The van der Waals surface area contributed by atoms with Crippen molar-refractivity contribution in [2.24, 2.45) is 4.99 Å². The fourth-order valence-electron chi connectivity index (χ4n) is 4.64. The summed E-state index contributed by atoms with van der Waals surface area (Å²) in [4.78, 5) is 34.2. The summed E-state index contributed by atoms with van der Waals surface area (Å²) in [5.41, 5.74) is 3.01. The average molecular weight is 571 g/mol. The van der Waals surface area contributed by atoms with Crippen LogP contribution >= 0.6 is 23.1 Å². The third kappa shape index (κ3) is 5.55. The van der Waals surface area contributed by atoms with E-state index in [1.165, 1.54) is 11.3 Å². The van der Waals surface area contributed by atoms with Crippen molar-refractivity contribution in [1.29, 1.82) is 0 Å². The van der Waals surface area contributed by atoms with E-state index in [9.17, 15) is 9.59 Å². The molecule has 0 unspecified atom stereocenters. The predicted molar refractivity (Wildman–Crippen MR) is 161 cm³/mol. The molecule has 1 aliphatic rings. The first-order valence-electron chi connectivity index (χ1n) is 13.1. The van der Waals surface area contributed by atoms with Gasteiger partial charge in [-0.2, -0.15) is 0 Å². The number of benzene rings is 3. The van der Waals surface area contributed by atoms with E-state index in [1.54, 1.807) is 23.3 Å². The number of esters is 1. The second-order valence-corrected chi connectivity index (χ2v) is 11.3. The van der Waals surface area contributed by atoms with Crippen molar-refractivity contribution in [2.75, 3.05) is 12.9 Å². The van der Waals surface area contributed by atoms with Gasteiger partial charge in [0, 0.05) is 16.0 Å². The second-order valence-electron chi connectivity index (χ2n) is 9.41. The molecular formula is C32H30N2O4S2. The average Bonchev–Trinajstić information content (AvgIpc) is 3.28. The minimum Gasteiger partial charge on any atom is -0.490 e. The molecule has 1 atom stereocenters. The molecule has 1 aliphatic heterocycles. The Hall–Kier alpha value is -3.88. The van der Waals surface area contributed by atoms with Crippen LogP contribution in [0.15, 0.2) is 99.1 Å². The summed E-state index contributed by atoms with van der Waals surface area (Å²) in [7, 11) is 0. The molecule has 8 heteroatoms. The van der Waals surface area contributed by atoms with Gasteiger partial charge in [-0.15, -0.1) is 11.8 Å². The summed E-state index contributed by atoms with van der Waals surface area (Å²) < 4.78 is 13.7. The molecule has 0 N–H and O–H groups in total. The molecule has 5 rings (SSSR count). The number of para-hydroxylation sites is 1. The first kappa shape index (κ1) is 27.7. The van der Waals surface area contributed by atoms with Crippen LogP contribution in [-0.2, 0) is 9.53 Å². The number of rotatable bonds is 8. The molecule has 0 amide bonds. The van der Waals surface area contributed by atoms with Crippen LogP contribution in [0.1, 0.15) is 43.5 Å². The number of aromatic nitrogens is 1. The van der Waals surface area contributed by atoms with Gasteiger partial charge < -0.3 is 9.47 Å². The molecule has 0 bridgehead atoms. The van der Waals surface area contributed by atoms with Crippen molar-refractivity contribution in [1.82, 2.24) is 4.57 Å². The molecule has 3 aromatic carbocycles. The molecule has 204 valence electrons. The number of hydrogen-bond acceptors (Lipinski definition) is 7. The number of carbonyl (C=O) groups is 1. The van der Waals surface area contributed by atoms with Gasteiger partial charge in [-0.25, -0.2) is 9.79 Å². The van der Waals surface area contributed by atoms with Crippen LogP contribution in [0.5, 0.6) is 5.75 Å². The standard InChI is InChI=1S/C32H30N2O4S2/c1-5-37-31(36)27-28(21-11-7-6-8-12-21)33-32-34(29(27)22-15-17-24(39-4)18-16-22)30(35)26(40-32)19-23-13-9-10-14-25(23)38-20(2)3/h6-20,29H,5H2,1-4H3/b26-19-/t29-/m0/s1. The zero-order chi connectivity index (χ0) is 28.2. The third-order valence-electron chi connectivity index (χ3n) is 6.37. The Bertz CT molecular complexity index is 1740. The van der Waals surface area contributed by atoms with Crippen LogP contribution in [-0.4, -0.2) is 29.5 Å². The van der Waals surface area contributed by atoms with Gasteiger partial charge in [-0.05, 0) is 56.9 Å². The largest absolute Gasteiger partial charge is 0.490 e. The zero-order valence-corrected chi connectivity index (χ0v) is 24.4. The van der Waals surface area contributed by atoms with Crippen LogP contribution < -0.4 is 19.6 Å². The monoisotopic (exact) mass is 570 g/mol. The van der Waals surface area contributed by atoms with Gasteiger partial charge >= 0.3 is 5.97 Å². The van der Waals surface area contributed by atoms with E-state index in [-0.39, 0.29) is 18.3 Å². The molecular weight excluding hydrogens is 540 g/mol. The molecule has 0 fully saturated rings. The maximum Gasteiger partial charge on any atom is 0.338 e. The second kappa shape index (κ2) is 12.1. The lowest BCUT2D eigenvalue weighted by Crippen LogP contribution is -2.40. The number of thiazole rings is 1. The number of nitrogens with zero attached hydrogens (tertiary/aromatic N) is 2. The van der Waals surface area contributed by atoms with Crippen molar-refractivity contribution in [3.8, 4) is 5.75 Å². The third-order valence-corrected chi connectivity index (χ3v) is 8.10. The summed E-state index contributed by atoms with van der Waals surface area (Å²) in [6.07, 6.45) is 3.84. The summed E-state index contributed by atoms with van der Waals surface area (Å²) in [6.45, 7) is 5.92. The SMILES string of the molecule is CCOC(=O)C1=C(c2ccccc2)N=c2s/c(=C\c3ccccc3OC(C)C)c(=O)n2[C@H]1c1ccc(SC)cc1. The molecule has 40 heavy (non-hydrogen) atoms. The lowest BCUT2D eigenvalue weighted by molar-refractivity contribution is -0.138. The fraction of sp³-hybridized carbons (Fsp3) is 0.219. The van der Waals surface area contributed by atoms with E-state index in [1.807, 2.05) is 105 Å². The number of carbonyl (C=O) groups excluding carboxylic acids is 1. The highest BCUT2D eigenvalue weighted by Gasteiger charge is 2.35. The van der Waals surface area contributed by atoms with E-state index in [0.29, 0.717) is 26.4 Å². The summed E-state index contributed by atoms with van der Waals surface area (Å²) in [5, 5.41) is 0. The topological polar surface area (TPSA) is 69.9 Å². The minimum absolute atomic E-state index is 0.0133. The number of hydrogen-bond donors (Lipinski definition) is 0. The first-order chi connectivity index (χ1) is 19.4. The van der Waals surface area contributed by atoms with Gasteiger partial charge in [0.05, 0.1) is 34.6 Å². The molecule has 0 aliphatic carbocycles. The van der Waals surface area contributed by atoms with Crippen LogP contribution in [0.4, 0.5) is 0 Å².